The van der Waals surface area contributed by atoms with Crippen LogP contribution >= 0.6 is 22.6 Å². The van der Waals surface area contributed by atoms with Crippen LogP contribution in [0.1, 0.15) is 5.69 Å². The maximum atomic E-state index is 10.6. The second-order valence-corrected chi connectivity index (χ2v) is 4.76. The molecule has 2 rings (SSSR count). The number of pyridine rings is 1. The lowest BCUT2D eigenvalue weighted by Crippen LogP contribution is -2.02. The van der Waals surface area contributed by atoms with E-state index in [0.29, 0.717) is 6.54 Å². The molecule has 5 nitrogen and oxygen atoms in total. The Bertz CT molecular complexity index is 561. The van der Waals surface area contributed by atoms with E-state index in [0.717, 1.165) is 15.0 Å². The van der Waals surface area contributed by atoms with Gasteiger partial charge in [0.05, 0.1) is 17.2 Å². The fourth-order valence-corrected chi connectivity index (χ4v) is 2.14. The van der Waals surface area contributed by atoms with Crippen LogP contribution in [0, 0.1) is 13.7 Å². The van der Waals surface area contributed by atoms with Gasteiger partial charge < -0.3 is 5.32 Å². The zero-order valence-electron chi connectivity index (χ0n) is 9.34. The van der Waals surface area contributed by atoms with Crippen molar-refractivity contribution in [1.29, 1.82) is 0 Å². The molecular weight excluding hydrogens is 345 g/mol. The van der Waals surface area contributed by atoms with E-state index in [4.69, 9.17) is 0 Å². The third kappa shape index (κ3) is 3.16. The van der Waals surface area contributed by atoms with Gasteiger partial charge in [-0.3, -0.25) is 15.1 Å². The number of non-ortho nitro benzene ring substituents is 1. The number of nitrogens with zero attached hydrogens (tertiary/aromatic N) is 2. The van der Waals surface area contributed by atoms with Crippen LogP contribution in [0.4, 0.5) is 11.4 Å². The standard InChI is InChI=1S/C12H10IN3O2/c13-11-7-10(16(17)18)4-5-12(11)15-8-9-3-1-2-6-14-9/h1-7,15H,8H2. The van der Waals surface area contributed by atoms with Gasteiger partial charge >= 0.3 is 0 Å². The first kappa shape index (κ1) is 12.7. The molecule has 0 aliphatic rings. The molecule has 0 saturated heterocycles. The summed E-state index contributed by atoms with van der Waals surface area (Å²) in [6.07, 6.45) is 1.73. The number of benzene rings is 1. The molecule has 0 amide bonds. The van der Waals surface area contributed by atoms with Gasteiger partial charge in [0.1, 0.15) is 0 Å². The Morgan fingerprint density at radius 1 is 1.33 bits per heavy atom. The van der Waals surface area contributed by atoms with Gasteiger partial charge in [0.2, 0.25) is 0 Å². The number of anilines is 1. The molecular formula is C12H10IN3O2. The van der Waals surface area contributed by atoms with Crippen molar-refractivity contribution in [1.82, 2.24) is 4.98 Å². The first-order valence-corrected chi connectivity index (χ1v) is 6.32. The highest BCUT2D eigenvalue weighted by molar-refractivity contribution is 14.1. The van der Waals surface area contributed by atoms with Crippen LogP contribution in [0.2, 0.25) is 0 Å². The van der Waals surface area contributed by atoms with E-state index >= 15 is 0 Å². The van der Waals surface area contributed by atoms with E-state index in [2.05, 4.69) is 32.9 Å². The van der Waals surface area contributed by atoms with Crippen LogP contribution in [0.25, 0.3) is 0 Å². The van der Waals surface area contributed by atoms with E-state index < -0.39 is 4.92 Å². The molecule has 0 saturated carbocycles. The van der Waals surface area contributed by atoms with Crippen LogP contribution in [0.15, 0.2) is 42.6 Å². The van der Waals surface area contributed by atoms with E-state index in [1.165, 1.54) is 6.07 Å². The van der Waals surface area contributed by atoms with Crippen molar-refractivity contribution in [2.75, 3.05) is 5.32 Å². The fourth-order valence-electron chi connectivity index (χ4n) is 1.45. The van der Waals surface area contributed by atoms with Crippen LogP contribution in [0.3, 0.4) is 0 Å². The highest BCUT2D eigenvalue weighted by Crippen LogP contribution is 2.23. The summed E-state index contributed by atoms with van der Waals surface area (Å²) in [5.74, 6) is 0. The van der Waals surface area contributed by atoms with Gasteiger partial charge in [-0.15, -0.1) is 0 Å². The molecule has 1 N–H and O–H groups in total. The second-order valence-electron chi connectivity index (χ2n) is 3.60. The number of aromatic nitrogens is 1. The van der Waals surface area contributed by atoms with Gasteiger partial charge in [0.15, 0.2) is 0 Å². The normalized spacial score (nSPS) is 10.1. The minimum Gasteiger partial charge on any atom is -0.379 e. The van der Waals surface area contributed by atoms with Gasteiger partial charge in [-0.1, -0.05) is 6.07 Å². The van der Waals surface area contributed by atoms with Crippen LogP contribution < -0.4 is 5.32 Å². The van der Waals surface area contributed by atoms with Crippen molar-refractivity contribution in [2.45, 2.75) is 6.54 Å². The first-order chi connectivity index (χ1) is 8.66. The van der Waals surface area contributed by atoms with E-state index in [-0.39, 0.29) is 5.69 Å². The summed E-state index contributed by atoms with van der Waals surface area (Å²) in [5, 5.41) is 13.8. The number of rotatable bonds is 4. The molecule has 0 aliphatic heterocycles. The smallest absolute Gasteiger partial charge is 0.270 e. The second kappa shape index (κ2) is 5.76. The topological polar surface area (TPSA) is 68.1 Å². The summed E-state index contributed by atoms with van der Waals surface area (Å²) >= 11 is 2.07. The van der Waals surface area contributed by atoms with E-state index in [1.807, 2.05) is 18.2 Å². The Labute approximate surface area is 118 Å². The van der Waals surface area contributed by atoms with Crippen molar-refractivity contribution >= 4 is 34.0 Å². The maximum Gasteiger partial charge on any atom is 0.270 e. The Balaban J connectivity index is 2.08. The molecule has 0 aliphatic carbocycles. The Hall–Kier alpha value is -1.70. The average molecular weight is 355 g/mol. The lowest BCUT2D eigenvalue weighted by Gasteiger charge is -2.07. The van der Waals surface area contributed by atoms with Crippen molar-refractivity contribution in [3.8, 4) is 0 Å². The van der Waals surface area contributed by atoms with Crippen molar-refractivity contribution in [3.63, 3.8) is 0 Å². The first-order valence-electron chi connectivity index (χ1n) is 5.24. The van der Waals surface area contributed by atoms with Crippen LogP contribution in [-0.4, -0.2) is 9.91 Å². The van der Waals surface area contributed by atoms with E-state index in [9.17, 15) is 10.1 Å². The molecule has 1 aromatic heterocycles. The number of nitrogens with one attached hydrogen (secondary N) is 1. The van der Waals surface area contributed by atoms with Gasteiger partial charge in [-0.05, 0) is 40.8 Å². The van der Waals surface area contributed by atoms with Crippen molar-refractivity contribution in [3.05, 3.63) is 62.0 Å². The number of nitro benzene ring substituents is 1. The van der Waals surface area contributed by atoms with Gasteiger partial charge in [0.25, 0.3) is 5.69 Å². The SMILES string of the molecule is O=[N+]([O-])c1ccc(NCc2ccccn2)c(I)c1. The largest absolute Gasteiger partial charge is 0.379 e. The molecule has 1 heterocycles. The lowest BCUT2D eigenvalue weighted by atomic mass is 10.2. The van der Waals surface area contributed by atoms with Gasteiger partial charge in [0, 0.05) is 27.6 Å². The zero-order valence-corrected chi connectivity index (χ0v) is 11.5. The molecule has 92 valence electrons. The van der Waals surface area contributed by atoms with Gasteiger partial charge in [-0.25, -0.2) is 0 Å². The third-order valence-electron chi connectivity index (χ3n) is 2.35. The monoisotopic (exact) mass is 355 g/mol. The summed E-state index contributed by atoms with van der Waals surface area (Å²) in [7, 11) is 0. The maximum absolute atomic E-state index is 10.6. The average Bonchev–Trinajstić information content (AvgIpc) is 2.38. The molecule has 18 heavy (non-hydrogen) atoms. The summed E-state index contributed by atoms with van der Waals surface area (Å²) in [5.41, 5.74) is 1.89. The predicted molar refractivity (Wildman–Crippen MR) is 77.4 cm³/mol. The highest BCUT2D eigenvalue weighted by Gasteiger charge is 2.08. The Morgan fingerprint density at radius 3 is 2.78 bits per heavy atom. The number of hydrogen-bond donors (Lipinski definition) is 1. The molecule has 1 aromatic carbocycles. The minimum absolute atomic E-state index is 0.0998. The van der Waals surface area contributed by atoms with Gasteiger partial charge in [-0.2, -0.15) is 0 Å². The zero-order chi connectivity index (χ0) is 13.0. The molecule has 0 radical (unpaired) electrons. The molecule has 2 aromatic rings. The third-order valence-corrected chi connectivity index (χ3v) is 3.24. The number of hydrogen-bond acceptors (Lipinski definition) is 4. The minimum atomic E-state index is -0.398. The molecule has 0 atom stereocenters. The molecule has 0 fully saturated rings. The molecule has 0 spiro atoms. The van der Waals surface area contributed by atoms with Crippen molar-refractivity contribution in [2.24, 2.45) is 0 Å². The Kier molecular flexibility index (Phi) is 4.08. The number of halogens is 1. The molecule has 0 bridgehead atoms. The predicted octanol–water partition coefficient (Wildman–Crippen LogP) is 3.21. The Morgan fingerprint density at radius 2 is 2.17 bits per heavy atom. The lowest BCUT2D eigenvalue weighted by molar-refractivity contribution is -0.384. The number of nitro groups is 1. The summed E-state index contributed by atoms with van der Waals surface area (Å²) in [4.78, 5) is 14.4. The molecule has 0 unspecified atom stereocenters. The quantitative estimate of drug-likeness (QED) is 0.520. The molecule has 6 heteroatoms. The van der Waals surface area contributed by atoms with Crippen LogP contribution in [-0.2, 0) is 6.54 Å². The van der Waals surface area contributed by atoms with Crippen molar-refractivity contribution < 1.29 is 4.92 Å². The van der Waals surface area contributed by atoms with Crippen LogP contribution in [0.5, 0.6) is 0 Å². The summed E-state index contributed by atoms with van der Waals surface area (Å²) in [6, 6.07) is 10.4. The summed E-state index contributed by atoms with van der Waals surface area (Å²) < 4.78 is 0.817. The highest BCUT2D eigenvalue weighted by atomic mass is 127. The fraction of sp³-hybridized carbons (Fsp3) is 0.0833. The summed E-state index contributed by atoms with van der Waals surface area (Å²) in [6.45, 7) is 0.592. The van der Waals surface area contributed by atoms with E-state index in [1.54, 1.807) is 18.3 Å².